The van der Waals surface area contributed by atoms with Crippen molar-refractivity contribution in [1.29, 1.82) is 0 Å². The molecular weight excluding hydrogens is 371 g/mol. The first-order valence-electron chi connectivity index (χ1n) is 8.44. The van der Waals surface area contributed by atoms with Gasteiger partial charge in [-0.1, -0.05) is 31.4 Å². The van der Waals surface area contributed by atoms with Crippen LogP contribution in [0.5, 0.6) is 5.75 Å². The fraction of sp³-hybridized carbons (Fsp3) is 0.368. The summed E-state index contributed by atoms with van der Waals surface area (Å²) in [6.07, 6.45) is 0.125. The number of rotatable bonds is 2. The average molecular weight is 386 g/mol. The minimum absolute atomic E-state index is 0.0264. The van der Waals surface area contributed by atoms with Gasteiger partial charge in [-0.15, -0.1) is 24.5 Å². The lowest BCUT2D eigenvalue weighted by atomic mass is 9.83. The van der Waals surface area contributed by atoms with Crippen LogP contribution in [-0.2, 0) is 0 Å². The summed E-state index contributed by atoms with van der Waals surface area (Å²) >= 11 is 0.836. The van der Waals surface area contributed by atoms with Crippen molar-refractivity contribution >= 4 is 31.5 Å². The van der Waals surface area contributed by atoms with Gasteiger partial charge in [0.2, 0.25) is 0 Å². The quantitative estimate of drug-likeness (QED) is 0.421. The molecule has 0 radical (unpaired) electrons. The largest absolute Gasteiger partial charge is 0.573 e. The maximum absolute atomic E-state index is 15.1. The van der Waals surface area contributed by atoms with Crippen LogP contribution < -0.4 is 4.74 Å². The number of alkyl halides is 3. The summed E-state index contributed by atoms with van der Waals surface area (Å²) in [7, 11) is 0. The SMILES string of the molecule is Fc1c(OC(F)(F)F)ccc2c1sc1c(F)c(C3CCCCC3)ccc12. The summed E-state index contributed by atoms with van der Waals surface area (Å²) in [4.78, 5) is 0. The van der Waals surface area contributed by atoms with Crippen molar-refractivity contribution in [3.63, 3.8) is 0 Å². The molecule has 4 rings (SSSR count). The number of benzene rings is 2. The maximum Gasteiger partial charge on any atom is 0.573 e. The van der Waals surface area contributed by atoms with Crippen molar-refractivity contribution in [2.45, 2.75) is 44.4 Å². The Balaban J connectivity index is 1.85. The Kier molecular flexibility index (Phi) is 4.29. The van der Waals surface area contributed by atoms with Crippen molar-refractivity contribution in [3.8, 4) is 5.75 Å². The van der Waals surface area contributed by atoms with Crippen molar-refractivity contribution in [2.24, 2.45) is 0 Å². The predicted octanol–water partition coefficient (Wildman–Crippen LogP) is 7.28. The standard InChI is InChI=1S/C19H15F5OS/c20-15-11(10-4-2-1-3-5-10)6-7-12-13-8-9-14(25-19(22,23)24)16(21)18(13)26-17(12)15/h6-10H,1-5H2. The van der Waals surface area contributed by atoms with Crippen LogP contribution in [0.3, 0.4) is 0 Å². The zero-order chi connectivity index (χ0) is 18.5. The molecule has 2 aromatic carbocycles. The molecule has 1 fully saturated rings. The van der Waals surface area contributed by atoms with Crippen molar-refractivity contribution in [2.75, 3.05) is 0 Å². The van der Waals surface area contributed by atoms with Gasteiger partial charge in [0.15, 0.2) is 11.6 Å². The van der Waals surface area contributed by atoms with E-state index in [-0.39, 0.29) is 21.1 Å². The molecule has 0 aliphatic heterocycles. The number of hydrogen-bond acceptors (Lipinski definition) is 2. The third-order valence-corrected chi connectivity index (χ3v) is 6.16. The normalized spacial score (nSPS) is 16.5. The Bertz CT molecular complexity index is 970. The molecule has 0 spiro atoms. The van der Waals surface area contributed by atoms with Crippen LogP contribution in [0.4, 0.5) is 22.0 Å². The van der Waals surface area contributed by atoms with Crippen LogP contribution in [0.2, 0.25) is 0 Å². The number of halogens is 5. The van der Waals surface area contributed by atoms with E-state index in [1.165, 1.54) is 6.07 Å². The summed E-state index contributed by atoms with van der Waals surface area (Å²) in [6, 6.07) is 5.76. The lowest BCUT2D eigenvalue weighted by Gasteiger charge is -2.22. The van der Waals surface area contributed by atoms with Gasteiger partial charge in [0.25, 0.3) is 0 Å². The summed E-state index contributed by atoms with van der Waals surface area (Å²) in [6.45, 7) is 0. The molecule has 0 N–H and O–H groups in total. The highest BCUT2D eigenvalue weighted by atomic mass is 32.1. The van der Waals surface area contributed by atoms with E-state index in [2.05, 4.69) is 4.74 Å². The lowest BCUT2D eigenvalue weighted by molar-refractivity contribution is -0.275. The van der Waals surface area contributed by atoms with Crippen molar-refractivity contribution in [1.82, 2.24) is 0 Å². The van der Waals surface area contributed by atoms with Gasteiger partial charge in [-0.25, -0.2) is 8.78 Å². The molecule has 1 aliphatic rings. The molecular formula is C19H15F5OS. The molecule has 0 saturated heterocycles. The van der Waals surface area contributed by atoms with Gasteiger partial charge in [0, 0.05) is 10.8 Å². The van der Waals surface area contributed by atoms with Crippen LogP contribution in [0.15, 0.2) is 24.3 Å². The number of fused-ring (bicyclic) bond motifs is 3. The first kappa shape index (κ1) is 17.5. The topological polar surface area (TPSA) is 9.23 Å². The van der Waals surface area contributed by atoms with Gasteiger partial charge in [-0.3, -0.25) is 0 Å². The molecule has 1 saturated carbocycles. The highest BCUT2D eigenvalue weighted by molar-refractivity contribution is 7.25. The van der Waals surface area contributed by atoms with Crippen LogP contribution in [0.25, 0.3) is 20.2 Å². The molecule has 0 bridgehead atoms. The Hall–Kier alpha value is -1.89. The summed E-state index contributed by atoms with van der Waals surface area (Å²) < 4.78 is 70.8. The number of hydrogen-bond donors (Lipinski definition) is 0. The molecule has 1 heterocycles. The fourth-order valence-corrected chi connectivity index (χ4v) is 4.95. The van der Waals surface area contributed by atoms with Crippen LogP contribution in [0.1, 0.15) is 43.6 Å². The van der Waals surface area contributed by atoms with E-state index >= 15 is 4.39 Å². The van der Waals surface area contributed by atoms with Crippen LogP contribution in [-0.4, -0.2) is 6.36 Å². The third kappa shape index (κ3) is 3.02. The van der Waals surface area contributed by atoms with Crippen LogP contribution >= 0.6 is 11.3 Å². The first-order chi connectivity index (χ1) is 12.3. The molecule has 26 heavy (non-hydrogen) atoms. The zero-order valence-corrected chi connectivity index (χ0v) is 14.4. The van der Waals surface area contributed by atoms with Gasteiger partial charge in [0.05, 0.1) is 9.40 Å². The Morgan fingerprint density at radius 1 is 0.846 bits per heavy atom. The average Bonchev–Trinajstić information content (AvgIpc) is 2.98. The van der Waals surface area contributed by atoms with E-state index in [0.29, 0.717) is 16.3 Å². The Morgan fingerprint density at radius 2 is 1.46 bits per heavy atom. The molecule has 7 heteroatoms. The molecule has 1 aromatic heterocycles. The second kappa shape index (κ2) is 6.37. The Morgan fingerprint density at radius 3 is 2.12 bits per heavy atom. The minimum Gasteiger partial charge on any atom is -0.403 e. The second-order valence-electron chi connectivity index (χ2n) is 6.58. The number of ether oxygens (including phenoxy) is 1. The molecule has 0 unspecified atom stereocenters. The maximum atomic E-state index is 15.1. The van der Waals surface area contributed by atoms with E-state index in [0.717, 1.165) is 49.5 Å². The molecule has 0 atom stereocenters. The minimum atomic E-state index is -4.98. The highest BCUT2D eigenvalue weighted by Crippen LogP contribution is 2.43. The summed E-state index contributed by atoms with van der Waals surface area (Å²) in [5.41, 5.74) is 0.621. The number of thiophene rings is 1. The van der Waals surface area contributed by atoms with E-state index < -0.39 is 17.9 Å². The predicted molar refractivity (Wildman–Crippen MR) is 91.8 cm³/mol. The van der Waals surface area contributed by atoms with E-state index in [4.69, 9.17) is 0 Å². The van der Waals surface area contributed by atoms with Crippen molar-refractivity contribution < 1.29 is 26.7 Å². The van der Waals surface area contributed by atoms with Crippen LogP contribution in [0, 0.1) is 11.6 Å². The fourth-order valence-electron chi connectivity index (χ4n) is 3.77. The van der Waals surface area contributed by atoms with E-state index in [1.807, 2.05) is 0 Å². The first-order valence-corrected chi connectivity index (χ1v) is 9.25. The highest BCUT2D eigenvalue weighted by Gasteiger charge is 2.33. The van der Waals surface area contributed by atoms with E-state index in [1.54, 1.807) is 12.1 Å². The Labute approximate surface area is 150 Å². The molecule has 0 amide bonds. The van der Waals surface area contributed by atoms with Gasteiger partial charge in [-0.2, -0.15) is 0 Å². The van der Waals surface area contributed by atoms with Crippen molar-refractivity contribution in [3.05, 3.63) is 41.5 Å². The zero-order valence-electron chi connectivity index (χ0n) is 13.6. The lowest BCUT2D eigenvalue weighted by Crippen LogP contribution is -2.17. The monoisotopic (exact) mass is 386 g/mol. The van der Waals surface area contributed by atoms with E-state index in [9.17, 15) is 17.6 Å². The molecule has 138 valence electrons. The molecule has 3 aromatic rings. The van der Waals surface area contributed by atoms with Gasteiger partial charge in [-0.05, 0) is 36.5 Å². The molecule has 1 nitrogen and oxygen atoms in total. The van der Waals surface area contributed by atoms with Gasteiger partial charge >= 0.3 is 6.36 Å². The van der Waals surface area contributed by atoms with Gasteiger partial charge in [0.1, 0.15) is 5.82 Å². The third-order valence-electron chi connectivity index (χ3n) is 4.95. The smallest absolute Gasteiger partial charge is 0.403 e. The summed E-state index contributed by atoms with van der Waals surface area (Å²) in [5.74, 6) is -2.25. The second-order valence-corrected chi connectivity index (χ2v) is 7.61. The van der Waals surface area contributed by atoms with Gasteiger partial charge < -0.3 is 4.74 Å². The molecule has 1 aliphatic carbocycles. The summed E-state index contributed by atoms with van der Waals surface area (Å²) in [5, 5.41) is 0.908.